The summed E-state index contributed by atoms with van der Waals surface area (Å²) in [7, 11) is 1.59. The molecule has 7 nitrogen and oxygen atoms in total. The lowest BCUT2D eigenvalue weighted by molar-refractivity contribution is -0.125. The SMILES string of the molecule is COc1cc2ccccc2cc1C(=O)CCCCN1CCC2(CC1)NC(=O)NC2=O. The zero-order chi connectivity index (χ0) is 21.1. The number of carbonyl (C=O) groups is 3. The summed E-state index contributed by atoms with van der Waals surface area (Å²) in [5.41, 5.74) is -0.0879. The van der Waals surface area contributed by atoms with Gasteiger partial charge in [0, 0.05) is 19.5 Å². The van der Waals surface area contributed by atoms with E-state index in [1.165, 1.54) is 0 Å². The summed E-state index contributed by atoms with van der Waals surface area (Å²) in [6, 6.07) is 11.4. The number of hydrogen-bond acceptors (Lipinski definition) is 5. The Morgan fingerprint density at radius 3 is 2.43 bits per heavy atom. The molecule has 2 aliphatic heterocycles. The molecule has 30 heavy (non-hydrogen) atoms. The number of Topliss-reactive ketones (excluding diaryl/α,β-unsaturated/α-hetero) is 1. The van der Waals surface area contributed by atoms with Crippen molar-refractivity contribution in [1.29, 1.82) is 0 Å². The molecule has 0 radical (unpaired) electrons. The van der Waals surface area contributed by atoms with Crippen molar-refractivity contribution in [2.24, 2.45) is 0 Å². The minimum Gasteiger partial charge on any atom is -0.496 e. The minimum atomic E-state index is -0.726. The molecule has 1 spiro atoms. The summed E-state index contributed by atoms with van der Waals surface area (Å²) < 4.78 is 5.45. The van der Waals surface area contributed by atoms with Crippen LogP contribution in [0.1, 0.15) is 42.5 Å². The highest BCUT2D eigenvalue weighted by atomic mass is 16.5. The van der Waals surface area contributed by atoms with Crippen LogP contribution in [-0.2, 0) is 4.79 Å². The number of unbranched alkanes of at least 4 members (excludes halogenated alkanes) is 1. The Balaban J connectivity index is 1.26. The quantitative estimate of drug-likeness (QED) is 0.417. The Morgan fingerprint density at radius 2 is 1.80 bits per heavy atom. The van der Waals surface area contributed by atoms with Crippen molar-refractivity contribution in [1.82, 2.24) is 15.5 Å². The molecule has 0 unspecified atom stereocenters. The van der Waals surface area contributed by atoms with Crippen LogP contribution in [-0.4, -0.2) is 54.9 Å². The average Bonchev–Trinajstić information content (AvgIpc) is 3.03. The number of methoxy groups -OCH3 is 1. The molecule has 2 aliphatic rings. The van der Waals surface area contributed by atoms with Gasteiger partial charge in [-0.25, -0.2) is 4.79 Å². The van der Waals surface area contributed by atoms with Crippen LogP contribution in [0.25, 0.3) is 10.8 Å². The fourth-order valence-electron chi connectivity index (χ4n) is 4.40. The Hall–Kier alpha value is -2.93. The molecular formula is C23H27N3O4. The number of piperidine rings is 1. The smallest absolute Gasteiger partial charge is 0.322 e. The highest BCUT2D eigenvalue weighted by Gasteiger charge is 2.47. The van der Waals surface area contributed by atoms with Crippen LogP contribution in [0.5, 0.6) is 5.75 Å². The number of ketones is 1. The predicted molar refractivity (Wildman–Crippen MR) is 114 cm³/mol. The minimum absolute atomic E-state index is 0.0977. The summed E-state index contributed by atoms with van der Waals surface area (Å²) in [6.45, 7) is 2.41. The Bertz CT molecular complexity index is 980. The number of carbonyl (C=O) groups excluding carboxylic acids is 3. The van der Waals surface area contributed by atoms with Crippen LogP contribution in [0, 0.1) is 0 Å². The zero-order valence-electron chi connectivity index (χ0n) is 17.2. The largest absolute Gasteiger partial charge is 0.496 e. The number of amides is 3. The van der Waals surface area contributed by atoms with E-state index in [1.54, 1.807) is 7.11 Å². The van der Waals surface area contributed by atoms with E-state index in [4.69, 9.17) is 4.74 Å². The first-order valence-corrected chi connectivity index (χ1v) is 10.5. The molecule has 0 bridgehead atoms. The molecule has 7 heteroatoms. The molecule has 2 N–H and O–H groups in total. The number of likely N-dealkylation sites (tertiary alicyclic amines) is 1. The van der Waals surface area contributed by atoms with Crippen molar-refractivity contribution in [3.05, 3.63) is 42.0 Å². The van der Waals surface area contributed by atoms with Gasteiger partial charge >= 0.3 is 6.03 Å². The standard InChI is InChI=1S/C23H27N3O4/c1-30-20-15-17-7-3-2-6-16(17)14-18(20)19(27)8-4-5-11-26-12-9-23(10-13-26)21(28)24-22(29)25-23/h2-3,6-7,14-15H,4-5,8-13H2,1H3,(H2,24,25,28,29). The van der Waals surface area contributed by atoms with E-state index < -0.39 is 11.6 Å². The van der Waals surface area contributed by atoms with E-state index in [1.807, 2.05) is 36.4 Å². The number of ether oxygens (including phenoxy) is 1. The van der Waals surface area contributed by atoms with Gasteiger partial charge in [-0.05, 0) is 55.1 Å². The van der Waals surface area contributed by atoms with E-state index in [9.17, 15) is 14.4 Å². The first-order chi connectivity index (χ1) is 14.5. The maximum absolute atomic E-state index is 12.8. The van der Waals surface area contributed by atoms with Gasteiger partial charge in [0.05, 0.1) is 12.7 Å². The molecule has 158 valence electrons. The van der Waals surface area contributed by atoms with Gasteiger partial charge in [-0.3, -0.25) is 14.9 Å². The maximum atomic E-state index is 12.8. The van der Waals surface area contributed by atoms with E-state index in [-0.39, 0.29) is 11.7 Å². The number of fused-ring (bicyclic) bond motifs is 1. The molecule has 0 aromatic heterocycles. The van der Waals surface area contributed by atoms with Gasteiger partial charge in [0.2, 0.25) is 0 Å². The van der Waals surface area contributed by atoms with Crippen LogP contribution >= 0.6 is 0 Å². The maximum Gasteiger partial charge on any atom is 0.322 e. The van der Waals surface area contributed by atoms with Crippen molar-refractivity contribution in [2.75, 3.05) is 26.7 Å². The van der Waals surface area contributed by atoms with E-state index in [0.29, 0.717) is 30.6 Å². The lowest BCUT2D eigenvalue weighted by Crippen LogP contribution is -2.54. The molecule has 0 aliphatic carbocycles. The fraction of sp³-hybridized carbons (Fsp3) is 0.435. The lowest BCUT2D eigenvalue weighted by atomic mass is 9.87. The molecule has 2 fully saturated rings. The van der Waals surface area contributed by atoms with Crippen molar-refractivity contribution < 1.29 is 19.1 Å². The first kappa shape index (κ1) is 20.3. The molecule has 2 heterocycles. The number of nitrogens with one attached hydrogen (secondary N) is 2. The van der Waals surface area contributed by atoms with Crippen LogP contribution in [0.4, 0.5) is 4.79 Å². The third kappa shape index (κ3) is 4.03. The van der Waals surface area contributed by atoms with Gasteiger partial charge in [-0.2, -0.15) is 0 Å². The van der Waals surface area contributed by atoms with Crippen molar-refractivity contribution in [3.8, 4) is 5.75 Å². The van der Waals surface area contributed by atoms with Gasteiger partial charge in [0.25, 0.3) is 5.91 Å². The molecule has 0 saturated carbocycles. The summed E-state index contributed by atoms with van der Waals surface area (Å²) in [5.74, 6) is 0.513. The van der Waals surface area contributed by atoms with E-state index >= 15 is 0 Å². The monoisotopic (exact) mass is 409 g/mol. The van der Waals surface area contributed by atoms with E-state index in [2.05, 4.69) is 15.5 Å². The highest BCUT2D eigenvalue weighted by Crippen LogP contribution is 2.28. The Labute approximate surface area is 175 Å². The summed E-state index contributed by atoms with van der Waals surface area (Å²) in [4.78, 5) is 38.5. The number of nitrogens with zero attached hydrogens (tertiary/aromatic N) is 1. The molecule has 2 aromatic rings. The third-order valence-corrected chi connectivity index (χ3v) is 6.22. The number of benzene rings is 2. The summed E-state index contributed by atoms with van der Waals surface area (Å²) >= 11 is 0. The predicted octanol–water partition coefficient (Wildman–Crippen LogP) is 2.88. The highest BCUT2D eigenvalue weighted by molar-refractivity contribution is 6.07. The summed E-state index contributed by atoms with van der Waals surface area (Å²) in [5, 5.41) is 7.21. The van der Waals surface area contributed by atoms with Gasteiger partial charge in [-0.15, -0.1) is 0 Å². The topological polar surface area (TPSA) is 87.7 Å². The second-order valence-corrected chi connectivity index (χ2v) is 8.11. The normalized spacial score (nSPS) is 18.4. The molecular weight excluding hydrogens is 382 g/mol. The van der Waals surface area contributed by atoms with Gasteiger partial charge in [0.15, 0.2) is 5.78 Å². The van der Waals surface area contributed by atoms with Gasteiger partial charge < -0.3 is 15.0 Å². The number of rotatable bonds is 7. The number of hydrogen-bond donors (Lipinski definition) is 2. The Kier molecular flexibility index (Phi) is 5.72. The van der Waals surface area contributed by atoms with Gasteiger partial charge in [-0.1, -0.05) is 24.3 Å². The molecule has 2 saturated heterocycles. The number of imide groups is 1. The van der Waals surface area contributed by atoms with Crippen LogP contribution in [0.2, 0.25) is 0 Å². The third-order valence-electron chi connectivity index (χ3n) is 6.22. The van der Waals surface area contributed by atoms with Crippen LogP contribution in [0.3, 0.4) is 0 Å². The average molecular weight is 409 g/mol. The van der Waals surface area contributed by atoms with Crippen molar-refractivity contribution in [2.45, 2.75) is 37.6 Å². The number of urea groups is 1. The zero-order valence-corrected chi connectivity index (χ0v) is 17.2. The lowest BCUT2D eigenvalue weighted by Gasteiger charge is -2.36. The fourth-order valence-corrected chi connectivity index (χ4v) is 4.40. The Morgan fingerprint density at radius 1 is 1.10 bits per heavy atom. The second kappa shape index (κ2) is 8.44. The van der Waals surface area contributed by atoms with Crippen LogP contribution in [0.15, 0.2) is 36.4 Å². The van der Waals surface area contributed by atoms with Crippen LogP contribution < -0.4 is 15.4 Å². The second-order valence-electron chi connectivity index (χ2n) is 8.11. The molecule has 3 amide bonds. The molecule has 0 atom stereocenters. The van der Waals surface area contributed by atoms with Gasteiger partial charge in [0.1, 0.15) is 11.3 Å². The van der Waals surface area contributed by atoms with Crippen molar-refractivity contribution in [3.63, 3.8) is 0 Å². The molecule has 2 aromatic carbocycles. The van der Waals surface area contributed by atoms with E-state index in [0.717, 1.165) is 43.2 Å². The molecule has 4 rings (SSSR count). The van der Waals surface area contributed by atoms with Crippen molar-refractivity contribution >= 4 is 28.5 Å². The first-order valence-electron chi connectivity index (χ1n) is 10.5. The summed E-state index contributed by atoms with van der Waals surface area (Å²) in [6.07, 6.45) is 3.43.